The molecular formula is C15H13N3O4S. The quantitative estimate of drug-likeness (QED) is 0.660. The van der Waals surface area contributed by atoms with Gasteiger partial charge in [0.1, 0.15) is 21.9 Å². The van der Waals surface area contributed by atoms with Gasteiger partial charge in [0, 0.05) is 17.7 Å². The number of methoxy groups -OCH3 is 1. The number of hydrogen-bond donors (Lipinski definition) is 2. The average molecular weight is 331 g/mol. The topological polar surface area (TPSA) is 97.0 Å². The summed E-state index contributed by atoms with van der Waals surface area (Å²) in [7, 11) is 1.51. The van der Waals surface area contributed by atoms with E-state index in [0.29, 0.717) is 21.9 Å². The molecule has 0 saturated carbocycles. The van der Waals surface area contributed by atoms with E-state index in [9.17, 15) is 15.2 Å². The Hall–Kier alpha value is -2.74. The highest BCUT2D eigenvalue weighted by Gasteiger charge is 2.27. The molecule has 1 heterocycles. The zero-order valence-corrected chi connectivity index (χ0v) is 12.9. The van der Waals surface area contributed by atoms with Crippen LogP contribution in [0, 0.1) is 10.1 Å². The number of nitrogens with zero attached hydrogens (tertiary/aromatic N) is 2. The Labute approximate surface area is 136 Å². The number of ether oxygens (including phenoxy) is 1. The average Bonchev–Trinajstić information content (AvgIpc) is 3.04. The molecule has 7 nitrogen and oxygen atoms in total. The first kappa shape index (κ1) is 15.2. The summed E-state index contributed by atoms with van der Waals surface area (Å²) in [4.78, 5) is 10.5. The van der Waals surface area contributed by atoms with Crippen LogP contribution in [-0.4, -0.2) is 22.2 Å². The van der Waals surface area contributed by atoms with Gasteiger partial charge in [-0.1, -0.05) is 23.9 Å². The molecule has 1 aliphatic rings. The number of benzene rings is 2. The second-order valence-corrected chi connectivity index (χ2v) is 5.84. The first-order chi connectivity index (χ1) is 11.1. The number of hydrogen-bond acceptors (Lipinski definition) is 7. The third kappa shape index (κ3) is 2.93. The zero-order valence-electron chi connectivity index (χ0n) is 12.1. The van der Waals surface area contributed by atoms with E-state index in [1.54, 1.807) is 30.3 Å². The van der Waals surface area contributed by atoms with Crippen LogP contribution in [0.25, 0.3) is 0 Å². The Morgan fingerprint density at radius 3 is 2.83 bits per heavy atom. The second kappa shape index (κ2) is 6.17. The molecule has 0 spiro atoms. The van der Waals surface area contributed by atoms with Gasteiger partial charge in [-0.25, -0.2) is 0 Å². The van der Waals surface area contributed by atoms with Crippen molar-refractivity contribution >= 4 is 22.5 Å². The molecule has 2 aromatic carbocycles. The zero-order chi connectivity index (χ0) is 16.4. The lowest BCUT2D eigenvalue weighted by Crippen LogP contribution is -2.08. The molecule has 0 aromatic heterocycles. The van der Waals surface area contributed by atoms with E-state index in [-0.39, 0.29) is 16.8 Å². The van der Waals surface area contributed by atoms with Gasteiger partial charge in [0.05, 0.1) is 17.6 Å². The third-order valence-corrected chi connectivity index (χ3v) is 4.48. The van der Waals surface area contributed by atoms with E-state index in [0.717, 1.165) is 0 Å². The van der Waals surface area contributed by atoms with Gasteiger partial charge in [0.2, 0.25) is 0 Å². The third-order valence-electron chi connectivity index (χ3n) is 3.35. The standard InChI is InChI=1S/C15H13N3O4S/c1-22-13-7-6-9(18(20)21)8-11(13)15-17-16-14(23-15)10-4-2-3-5-12(10)19/h2-8,15,17,19H,1H3/t15-/m1/s1. The van der Waals surface area contributed by atoms with E-state index in [2.05, 4.69) is 10.5 Å². The normalized spacial score (nSPS) is 16.6. The highest BCUT2D eigenvalue weighted by molar-refractivity contribution is 8.14. The number of non-ortho nitro benzene ring substituents is 1. The van der Waals surface area contributed by atoms with Gasteiger partial charge in [0.15, 0.2) is 0 Å². The number of nitro groups is 1. The van der Waals surface area contributed by atoms with Crippen molar-refractivity contribution in [3.63, 3.8) is 0 Å². The highest BCUT2D eigenvalue weighted by Crippen LogP contribution is 2.41. The van der Waals surface area contributed by atoms with Crippen LogP contribution in [0.3, 0.4) is 0 Å². The number of nitro benzene ring substituents is 1. The maximum atomic E-state index is 11.0. The SMILES string of the molecule is COc1ccc([N+](=O)[O-])cc1[C@@H]1NN=C(c2ccccc2O)S1. The van der Waals surface area contributed by atoms with Crippen molar-refractivity contribution in [2.24, 2.45) is 5.10 Å². The number of rotatable bonds is 4. The molecule has 1 aliphatic heterocycles. The molecule has 2 N–H and O–H groups in total. The van der Waals surface area contributed by atoms with E-state index < -0.39 is 4.92 Å². The fourth-order valence-corrected chi connectivity index (χ4v) is 3.28. The van der Waals surface area contributed by atoms with Gasteiger partial charge in [0.25, 0.3) is 5.69 Å². The van der Waals surface area contributed by atoms with Crippen molar-refractivity contribution in [1.29, 1.82) is 0 Å². The van der Waals surface area contributed by atoms with E-state index >= 15 is 0 Å². The summed E-state index contributed by atoms with van der Waals surface area (Å²) < 4.78 is 5.28. The molecule has 0 bridgehead atoms. The van der Waals surface area contributed by atoms with Gasteiger partial charge in [-0.3, -0.25) is 15.5 Å². The highest BCUT2D eigenvalue weighted by atomic mass is 32.2. The lowest BCUT2D eigenvalue weighted by Gasteiger charge is -2.13. The maximum Gasteiger partial charge on any atom is 0.270 e. The Balaban J connectivity index is 1.89. The summed E-state index contributed by atoms with van der Waals surface area (Å²) in [5, 5.41) is 25.4. The number of phenolic OH excluding ortho intramolecular Hbond substituents is 1. The number of thioether (sulfide) groups is 1. The van der Waals surface area contributed by atoms with Crippen molar-refractivity contribution in [3.05, 3.63) is 63.7 Å². The first-order valence-electron chi connectivity index (χ1n) is 6.70. The predicted octanol–water partition coefficient (Wildman–Crippen LogP) is 3.01. The maximum absolute atomic E-state index is 11.0. The largest absolute Gasteiger partial charge is 0.507 e. The molecular weight excluding hydrogens is 318 g/mol. The van der Waals surface area contributed by atoms with Gasteiger partial charge in [-0.15, -0.1) is 0 Å². The molecule has 0 saturated heterocycles. The van der Waals surface area contributed by atoms with Crippen LogP contribution in [-0.2, 0) is 0 Å². The lowest BCUT2D eigenvalue weighted by atomic mass is 10.1. The fourth-order valence-electron chi connectivity index (χ4n) is 2.23. The van der Waals surface area contributed by atoms with Crippen molar-refractivity contribution in [3.8, 4) is 11.5 Å². The number of nitrogens with one attached hydrogen (secondary N) is 1. The Bertz CT molecular complexity index is 794. The number of aromatic hydroxyl groups is 1. The summed E-state index contributed by atoms with van der Waals surface area (Å²) in [6, 6.07) is 11.3. The smallest absolute Gasteiger partial charge is 0.270 e. The molecule has 0 amide bonds. The van der Waals surface area contributed by atoms with Crippen LogP contribution in [0.5, 0.6) is 11.5 Å². The van der Waals surface area contributed by atoms with Gasteiger partial charge in [-0.05, 0) is 18.2 Å². The molecule has 0 unspecified atom stereocenters. The Morgan fingerprint density at radius 2 is 2.13 bits per heavy atom. The van der Waals surface area contributed by atoms with Crippen LogP contribution >= 0.6 is 11.8 Å². The molecule has 3 rings (SSSR count). The summed E-state index contributed by atoms with van der Waals surface area (Å²) in [6.45, 7) is 0. The van der Waals surface area contributed by atoms with Crippen LogP contribution in [0.4, 0.5) is 5.69 Å². The molecule has 1 atom stereocenters. The number of phenols is 1. The predicted molar refractivity (Wildman–Crippen MR) is 87.8 cm³/mol. The Kier molecular flexibility index (Phi) is 4.07. The number of para-hydroxylation sites is 1. The number of hydrazone groups is 1. The van der Waals surface area contributed by atoms with Gasteiger partial charge in [-0.2, -0.15) is 5.10 Å². The molecule has 0 aliphatic carbocycles. The summed E-state index contributed by atoms with van der Waals surface area (Å²) in [5.41, 5.74) is 4.15. The van der Waals surface area contributed by atoms with Crippen molar-refractivity contribution in [2.75, 3.05) is 7.11 Å². The first-order valence-corrected chi connectivity index (χ1v) is 7.58. The Morgan fingerprint density at radius 1 is 1.35 bits per heavy atom. The van der Waals surface area contributed by atoms with Gasteiger partial charge < -0.3 is 9.84 Å². The van der Waals surface area contributed by atoms with Crippen LogP contribution in [0.1, 0.15) is 16.5 Å². The molecule has 118 valence electrons. The van der Waals surface area contributed by atoms with Crippen LogP contribution < -0.4 is 10.2 Å². The van der Waals surface area contributed by atoms with Crippen molar-refractivity contribution < 1.29 is 14.8 Å². The minimum Gasteiger partial charge on any atom is -0.507 e. The molecule has 2 aromatic rings. The molecule has 23 heavy (non-hydrogen) atoms. The molecule has 0 radical (unpaired) electrons. The minimum atomic E-state index is -0.451. The second-order valence-electron chi connectivity index (χ2n) is 4.74. The lowest BCUT2D eigenvalue weighted by molar-refractivity contribution is -0.384. The van der Waals surface area contributed by atoms with Crippen molar-refractivity contribution in [2.45, 2.75) is 5.37 Å². The molecule has 0 fully saturated rings. The summed E-state index contributed by atoms with van der Waals surface area (Å²) >= 11 is 1.36. The minimum absolute atomic E-state index is 0.0146. The van der Waals surface area contributed by atoms with Crippen LogP contribution in [0.2, 0.25) is 0 Å². The van der Waals surface area contributed by atoms with E-state index in [1.807, 2.05) is 0 Å². The van der Waals surface area contributed by atoms with Crippen LogP contribution in [0.15, 0.2) is 47.6 Å². The molecule has 8 heteroatoms. The summed E-state index contributed by atoms with van der Waals surface area (Å²) in [6.07, 6.45) is 0. The van der Waals surface area contributed by atoms with Crippen molar-refractivity contribution in [1.82, 2.24) is 5.43 Å². The van der Waals surface area contributed by atoms with Gasteiger partial charge >= 0.3 is 0 Å². The van der Waals surface area contributed by atoms with E-state index in [4.69, 9.17) is 4.74 Å². The fraction of sp³-hybridized carbons (Fsp3) is 0.133. The van der Waals surface area contributed by atoms with E-state index in [1.165, 1.54) is 31.0 Å². The monoisotopic (exact) mass is 331 g/mol. The summed E-state index contributed by atoms with van der Waals surface area (Å²) in [5.74, 6) is 0.668.